The number of likely N-dealkylation sites (N-methyl/N-ethyl adjacent to an activating group) is 1. The number of anilines is 1. The van der Waals surface area contributed by atoms with Crippen molar-refractivity contribution in [3.05, 3.63) is 18.3 Å². The van der Waals surface area contributed by atoms with E-state index in [1.807, 2.05) is 19.2 Å². The van der Waals surface area contributed by atoms with Gasteiger partial charge >= 0.3 is 0 Å². The van der Waals surface area contributed by atoms with Gasteiger partial charge in [-0.3, -0.25) is 0 Å². The normalized spacial score (nSPS) is 11.4. The first-order chi connectivity index (χ1) is 8.03. The van der Waals surface area contributed by atoms with Crippen molar-refractivity contribution in [1.29, 1.82) is 0 Å². The number of hydrogen-bond donors (Lipinski definition) is 1. The van der Waals surface area contributed by atoms with Gasteiger partial charge in [-0.1, -0.05) is 6.92 Å². The molecule has 0 aromatic carbocycles. The zero-order valence-corrected chi connectivity index (χ0v) is 11.2. The maximum absolute atomic E-state index is 5.78. The Balaban J connectivity index is 2.96. The van der Waals surface area contributed by atoms with Gasteiger partial charge in [0.2, 0.25) is 0 Å². The molecule has 0 spiro atoms. The standard InChI is InChI=1S/C13H23N3O/c1-5-9-17-11-7-6-8-15-12(11)16(4)13(2,3)10-14/h6-8H,5,9-10,14H2,1-4H3. The molecule has 0 saturated heterocycles. The van der Waals surface area contributed by atoms with Gasteiger partial charge in [0.25, 0.3) is 0 Å². The molecule has 1 heterocycles. The molecule has 0 aliphatic heterocycles. The van der Waals surface area contributed by atoms with Crippen molar-refractivity contribution in [2.24, 2.45) is 5.73 Å². The fraction of sp³-hybridized carbons (Fsp3) is 0.615. The average molecular weight is 237 g/mol. The summed E-state index contributed by atoms with van der Waals surface area (Å²) in [5.41, 5.74) is 5.64. The van der Waals surface area contributed by atoms with Crippen LogP contribution in [0.1, 0.15) is 27.2 Å². The Bertz CT molecular complexity index is 352. The van der Waals surface area contributed by atoms with Crippen molar-refractivity contribution in [2.45, 2.75) is 32.7 Å². The third kappa shape index (κ3) is 3.33. The Morgan fingerprint density at radius 3 is 2.76 bits per heavy atom. The summed E-state index contributed by atoms with van der Waals surface area (Å²) in [6.07, 6.45) is 2.76. The van der Waals surface area contributed by atoms with Gasteiger partial charge in [-0.2, -0.15) is 0 Å². The SMILES string of the molecule is CCCOc1cccnc1N(C)C(C)(C)CN. The van der Waals surface area contributed by atoms with Gasteiger partial charge in [0.15, 0.2) is 11.6 Å². The molecule has 0 saturated carbocycles. The summed E-state index contributed by atoms with van der Waals surface area (Å²) in [6, 6.07) is 3.83. The van der Waals surface area contributed by atoms with Crippen LogP contribution in [0.25, 0.3) is 0 Å². The molecular formula is C13H23N3O. The molecule has 1 aromatic heterocycles. The van der Waals surface area contributed by atoms with Crippen LogP contribution in [0.5, 0.6) is 5.75 Å². The van der Waals surface area contributed by atoms with Crippen LogP contribution in [-0.4, -0.2) is 30.7 Å². The van der Waals surface area contributed by atoms with Crippen molar-refractivity contribution in [1.82, 2.24) is 4.98 Å². The summed E-state index contributed by atoms with van der Waals surface area (Å²) in [5, 5.41) is 0. The van der Waals surface area contributed by atoms with Crippen LogP contribution in [0, 0.1) is 0 Å². The van der Waals surface area contributed by atoms with Crippen LogP contribution in [0.3, 0.4) is 0 Å². The molecular weight excluding hydrogens is 214 g/mol. The third-order valence-corrected chi connectivity index (χ3v) is 2.94. The first-order valence-electron chi connectivity index (χ1n) is 6.04. The molecule has 4 nitrogen and oxygen atoms in total. The van der Waals surface area contributed by atoms with E-state index in [0.717, 1.165) is 18.0 Å². The van der Waals surface area contributed by atoms with E-state index in [9.17, 15) is 0 Å². The van der Waals surface area contributed by atoms with Crippen molar-refractivity contribution >= 4 is 5.82 Å². The first-order valence-corrected chi connectivity index (χ1v) is 6.04. The topological polar surface area (TPSA) is 51.4 Å². The van der Waals surface area contributed by atoms with E-state index in [-0.39, 0.29) is 5.54 Å². The highest BCUT2D eigenvalue weighted by atomic mass is 16.5. The van der Waals surface area contributed by atoms with Gasteiger partial charge in [-0.15, -0.1) is 0 Å². The quantitative estimate of drug-likeness (QED) is 0.822. The molecule has 1 aromatic rings. The number of aromatic nitrogens is 1. The van der Waals surface area contributed by atoms with E-state index < -0.39 is 0 Å². The monoisotopic (exact) mass is 237 g/mol. The molecule has 2 N–H and O–H groups in total. The number of hydrogen-bond acceptors (Lipinski definition) is 4. The lowest BCUT2D eigenvalue weighted by Crippen LogP contribution is -2.47. The van der Waals surface area contributed by atoms with Gasteiger partial charge < -0.3 is 15.4 Å². The van der Waals surface area contributed by atoms with E-state index in [0.29, 0.717) is 13.2 Å². The van der Waals surface area contributed by atoms with E-state index in [1.165, 1.54) is 0 Å². The second-order valence-corrected chi connectivity index (χ2v) is 4.75. The van der Waals surface area contributed by atoms with Gasteiger partial charge in [-0.05, 0) is 32.4 Å². The van der Waals surface area contributed by atoms with Crippen molar-refractivity contribution in [3.63, 3.8) is 0 Å². The summed E-state index contributed by atoms with van der Waals surface area (Å²) in [6.45, 7) is 7.53. The van der Waals surface area contributed by atoms with Gasteiger partial charge in [-0.25, -0.2) is 4.98 Å². The Hall–Kier alpha value is -1.29. The zero-order valence-electron chi connectivity index (χ0n) is 11.2. The summed E-state index contributed by atoms with van der Waals surface area (Å²) in [7, 11) is 1.99. The summed E-state index contributed by atoms with van der Waals surface area (Å²) in [4.78, 5) is 6.46. The lowest BCUT2D eigenvalue weighted by Gasteiger charge is -2.36. The number of pyridine rings is 1. The molecule has 0 unspecified atom stereocenters. The predicted molar refractivity (Wildman–Crippen MR) is 71.6 cm³/mol. The van der Waals surface area contributed by atoms with Crippen LogP contribution in [0.2, 0.25) is 0 Å². The van der Waals surface area contributed by atoms with Crippen LogP contribution in [-0.2, 0) is 0 Å². The first kappa shape index (κ1) is 13.8. The van der Waals surface area contributed by atoms with Crippen molar-refractivity contribution < 1.29 is 4.74 Å². The van der Waals surface area contributed by atoms with Crippen LogP contribution in [0.15, 0.2) is 18.3 Å². The maximum Gasteiger partial charge on any atom is 0.171 e. The Kier molecular flexibility index (Phi) is 4.75. The Morgan fingerprint density at radius 2 is 2.18 bits per heavy atom. The van der Waals surface area contributed by atoms with Gasteiger partial charge in [0.1, 0.15) is 0 Å². The van der Waals surface area contributed by atoms with E-state index in [4.69, 9.17) is 10.5 Å². The molecule has 0 amide bonds. The number of rotatable bonds is 6. The molecule has 1 rings (SSSR count). The Morgan fingerprint density at radius 1 is 1.47 bits per heavy atom. The Labute approximate surface area is 104 Å². The second-order valence-electron chi connectivity index (χ2n) is 4.75. The fourth-order valence-corrected chi connectivity index (χ4v) is 1.38. The summed E-state index contributed by atoms with van der Waals surface area (Å²) < 4.78 is 5.70. The smallest absolute Gasteiger partial charge is 0.171 e. The predicted octanol–water partition coefficient (Wildman–Crippen LogP) is 2.04. The van der Waals surface area contributed by atoms with E-state index >= 15 is 0 Å². The van der Waals surface area contributed by atoms with Crippen LogP contribution >= 0.6 is 0 Å². The number of ether oxygens (including phenoxy) is 1. The second kappa shape index (κ2) is 5.87. The minimum Gasteiger partial charge on any atom is -0.490 e. The van der Waals surface area contributed by atoms with Crippen molar-refractivity contribution in [3.8, 4) is 5.75 Å². The molecule has 17 heavy (non-hydrogen) atoms. The molecule has 96 valence electrons. The minimum absolute atomic E-state index is 0.140. The molecule has 0 bridgehead atoms. The number of nitrogens with zero attached hydrogens (tertiary/aromatic N) is 2. The van der Waals surface area contributed by atoms with Crippen LogP contribution < -0.4 is 15.4 Å². The molecule has 0 fully saturated rings. The number of nitrogens with two attached hydrogens (primary N) is 1. The highest BCUT2D eigenvalue weighted by molar-refractivity contribution is 5.53. The third-order valence-electron chi connectivity index (χ3n) is 2.94. The van der Waals surface area contributed by atoms with Gasteiger partial charge in [0, 0.05) is 25.3 Å². The maximum atomic E-state index is 5.78. The van der Waals surface area contributed by atoms with E-state index in [2.05, 4.69) is 30.7 Å². The summed E-state index contributed by atoms with van der Waals surface area (Å²) >= 11 is 0. The average Bonchev–Trinajstić information content (AvgIpc) is 2.35. The molecule has 0 atom stereocenters. The largest absolute Gasteiger partial charge is 0.490 e. The molecule has 0 aliphatic rings. The van der Waals surface area contributed by atoms with Crippen molar-refractivity contribution in [2.75, 3.05) is 25.1 Å². The lowest BCUT2D eigenvalue weighted by molar-refractivity contribution is 0.314. The highest BCUT2D eigenvalue weighted by Crippen LogP contribution is 2.28. The minimum atomic E-state index is -0.140. The summed E-state index contributed by atoms with van der Waals surface area (Å²) in [5.74, 6) is 1.66. The fourth-order valence-electron chi connectivity index (χ4n) is 1.38. The highest BCUT2D eigenvalue weighted by Gasteiger charge is 2.25. The molecule has 0 radical (unpaired) electrons. The van der Waals surface area contributed by atoms with Crippen LogP contribution in [0.4, 0.5) is 5.82 Å². The molecule has 4 heteroatoms. The van der Waals surface area contributed by atoms with E-state index in [1.54, 1.807) is 6.20 Å². The lowest BCUT2D eigenvalue weighted by atomic mass is 10.0. The molecule has 0 aliphatic carbocycles. The zero-order chi connectivity index (χ0) is 12.9. The van der Waals surface area contributed by atoms with Gasteiger partial charge in [0.05, 0.1) is 6.61 Å².